The van der Waals surface area contributed by atoms with Crippen LogP contribution in [0.25, 0.3) is 22.9 Å². The van der Waals surface area contributed by atoms with Gasteiger partial charge in [0.05, 0.1) is 17.6 Å². The third-order valence-corrected chi connectivity index (χ3v) is 4.02. The van der Waals surface area contributed by atoms with E-state index < -0.39 is 10.0 Å². The van der Waals surface area contributed by atoms with Crippen LogP contribution in [-0.4, -0.2) is 30.7 Å². The number of sulfonamides is 1. The van der Waals surface area contributed by atoms with Gasteiger partial charge in [0.15, 0.2) is 0 Å². The normalized spacial score (nSPS) is 11.4. The maximum absolute atomic E-state index is 11.2. The Morgan fingerprint density at radius 2 is 1.78 bits per heavy atom. The number of aromatic nitrogens is 3. The molecule has 0 bridgehead atoms. The van der Waals surface area contributed by atoms with Gasteiger partial charge in [-0.25, -0.2) is 13.6 Å². The average molecular weight is 332 g/mol. The molecule has 0 spiro atoms. The lowest BCUT2D eigenvalue weighted by Gasteiger charge is -2.02. The molecule has 0 aliphatic heterocycles. The highest BCUT2D eigenvalue weighted by molar-refractivity contribution is 7.89. The number of rotatable bonds is 4. The van der Waals surface area contributed by atoms with Crippen LogP contribution in [0.1, 0.15) is 0 Å². The largest absolute Gasteiger partial charge is 0.496 e. The van der Waals surface area contributed by atoms with E-state index in [9.17, 15) is 8.42 Å². The molecule has 0 radical (unpaired) electrons. The summed E-state index contributed by atoms with van der Waals surface area (Å²) in [6.07, 6.45) is 3.14. The first-order valence-corrected chi connectivity index (χ1v) is 7.99. The molecular formula is C14H12N4O4S. The molecule has 0 atom stereocenters. The standard InChI is InChI=1S/C14H12N4O4S/c1-21-12-6-7-16-8-11(12)14-18-17-13(22-14)9-2-4-10(5-3-9)23(15,19)20/h2-8H,1H3,(H2,15,19,20). The molecule has 118 valence electrons. The number of nitrogens with zero attached hydrogens (tertiary/aromatic N) is 3. The maximum Gasteiger partial charge on any atom is 0.253 e. The van der Waals surface area contributed by atoms with Crippen molar-refractivity contribution in [2.45, 2.75) is 4.90 Å². The topological polar surface area (TPSA) is 121 Å². The second-order valence-corrected chi connectivity index (χ2v) is 6.12. The number of ether oxygens (including phenoxy) is 1. The molecule has 0 aliphatic rings. The predicted octanol–water partition coefficient (Wildman–Crippen LogP) is 1.45. The van der Waals surface area contributed by atoms with E-state index in [1.54, 1.807) is 18.5 Å². The lowest BCUT2D eigenvalue weighted by Crippen LogP contribution is -2.11. The number of hydrogen-bond donors (Lipinski definition) is 1. The first kappa shape index (κ1) is 15.1. The summed E-state index contributed by atoms with van der Waals surface area (Å²) in [6.45, 7) is 0. The Morgan fingerprint density at radius 3 is 2.43 bits per heavy atom. The fraction of sp³-hybridized carbons (Fsp3) is 0.0714. The zero-order valence-electron chi connectivity index (χ0n) is 12.0. The van der Waals surface area contributed by atoms with Crippen LogP contribution in [0.3, 0.4) is 0 Å². The monoisotopic (exact) mass is 332 g/mol. The van der Waals surface area contributed by atoms with E-state index in [-0.39, 0.29) is 16.7 Å². The fourth-order valence-corrected chi connectivity index (χ4v) is 2.47. The molecule has 0 saturated carbocycles. The van der Waals surface area contributed by atoms with Crippen LogP contribution in [0.5, 0.6) is 5.75 Å². The molecule has 0 unspecified atom stereocenters. The first-order valence-electron chi connectivity index (χ1n) is 6.44. The molecule has 0 aliphatic carbocycles. The number of benzene rings is 1. The molecule has 0 amide bonds. The van der Waals surface area contributed by atoms with E-state index in [0.29, 0.717) is 16.9 Å². The van der Waals surface area contributed by atoms with Crippen molar-refractivity contribution in [1.82, 2.24) is 15.2 Å². The summed E-state index contributed by atoms with van der Waals surface area (Å²) in [7, 11) is -2.21. The fourth-order valence-electron chi connectivity index (χ4n) is 1.96. The molecule has 2 N–H and O–H groups in total. The van der Waals surface area contributed by atoms with E-state index in [0.717, 1.165) is 0 Å². The molecule has 1 aromatic carbocycles. The Bertz CT molecular complexity index is 935. The van der Waals surface area contributed by atoms with Gasteiger partial charge in [0, 0.05) is 18.0 Å². The van der Waals surface area contributed by atoms with Crippen LogP contribution in [-0.2, 0) is 10.0 Å². The Balaban J connectivity index is 1.96. The molecule has 9 heteroatoms. The number of pyridine rings is 1. The van der Waals surface area contributed by atoms with Crippen LogP contribution >= 0.6 is 0 Å². The summed E-state index contributed by atoms with van der Waals surface area (Å²) in [5, 5.41) is 13.0. The summed E-state index contributed by atoms with van der Waals surface area (Å²) in [6, 6.07) is 7.51. The zero-order chi connectivity index (χ0) is 16.4. The van der Waals surface area contributed by atoms with E-state index in [1.165, 1.54) is 31.4 Å². The number of hydrogen-bond acceptors (Lipinski definition) is 7. The summed E-state index contributed by atoms with van der Waals surface area (Å²) in [4.78, 5) is 4.01. The third-order valence-electron chi connectivity index (χ3n) is 3.09. The van der Waals surface area contributed by atoms with Crippen molar-refractivity contribution < 1.29 is 17.6 Å². The number of nitrogens with two attached hydrogens (primary N) is 1. The summed E-state index contributed by atoms with van der Waals surface area (Å²) in [5.74, 6) is 1.05. The van der Waals surface area contributed by atoms with Crippen molar-refractivity contribution in [2.24, 2.45) is 5.14 Å². The highest BCUT2D eigenvalue weighted by Crippen LogP contribution is 2.30. The summed E-state index contributed by atoms with van der Waals surface area (Å²) < 4.78 is 33.3. The van der Waals surface area contributed by atoms with Gasteiger partial charge in [-0.05, 0) is 30.3 Å². The van der Waals surface area contributed by atoms with Crippen molar-refractivity contribution in [1.29, 1.82) is 0 Å². The molecule has 2 aromatic heterocycles. The Hall–Kier alpha value is -2.78. The minimum absolute atomic E-state index is 0.00918. The summed E-state index contributed by atoms with van der Waals surface area (Å²) in [5.41, 5.74) is 1.13. The first-order chi connectivity index (χ1) is 11.0. The third kappa shape index (κ3) is 3.05. The van der Waals surface area contributed by atoms with Crippen LogP contribution in [0.2, 0.25) is 0 Å². The predicted molar refractivity (Wildman–Crippen MR) is 80.9 cm³/mol. The number of primary sulfonamides is 1. The van der Waals surface area contributed by atoms with Crippen molar-refractivity contribution in [3.05, 3.63) is 42.7 Å². The van der Waals surface area contributed by atoms with Gasteiger partial charge in [-0.3, -0.25) is 4.98 Å². The smallest absolute Gasteiger partial charge is 0.253 e. The van der Waals surface area contributed by atoms with Crippen molar-refractivity contribution >= 4 is 10.0 Å². The van der Waals surface area contributed by atoms with Gasteiger partial charge in [-0.1, -0.05) is 0 Å². The van der Waals surface area contributed by atoms with Gasteiger partial charge in [0.2, 0.25) is 15.9 Å². The van der Waals surface area contributed by atoms with E-state index >= 15 is 0 Å². The molecule has 3 rings (SSSR count). The van der Waals surface area contributed by atoms with Crippen LogP contribution in [0.4, 0.5) is 0 Å². The lowest BCUT2D eigenvalue weighted by molar-refractivity contribution is 0.414. The Kier molecular flexibility index (Phi) is 3.80. The minimum atomic E-state index is -3.74. The molecule has 2 heterocycles. The van der Waals surface area contributed by atoms with Crippen molar-refractivity contribution in [3.63, 3.8) is 0 Å². The van der Waals surface area contributed by atoms with E-state index in [4.69, 9.17) is 14.3 Å². The second kappa shape index (κ2) is 5.78. The van der Waals surface area contributed by atoms with Crippen molar-refractivity contribution in [2.75, 3.05) is 7.11 Å². The Morgan fingerprint density at radius 1 is 1.09 bits per heavy atom. The quantitative estimate of drug-likeness (QED) is 0.767. The van der Waals surface area contributed by atoms with Gasteiger partial charge in [0.25, 0.3) is 5.89 Å². The van der Waals surface area contributed by atoms with Crippen LogP contribution in [0, 0.1) is 0 Å². The SMILES string of the molecule is COc1ccncc1-c1nnc(-c2ccc(S(N)(=O)=O)cc2)o1. The highest BCUT2D eigenvalue weighted by Gasteiger charge is 2.15. The van der Waals surface area contributed by atoms with Crippen LogP contribution < -0.4 is 9.88 Å². The summed E-state index contributed by atoms with van der Waals surface area (Å²) >= 11 is 0. The lowest BCUT2D eigenvalue weighted by atomic mass is 10.2. The van der Waals surface area contributed by atoms with Gasteiger partial charge in [-0.15, -0.1) is 10.2 Å². The van der Waals surface area contributed by atoms with E-state index in [1.807, 2.05) is 0 Å². The molecule has 23 heavy (non-hydrogen) atoms. The second-order valence-electron chi connectivity index (χ2n) is 4.56. The van der Waals surface area contributed by atoms with E-state index in [2.05, 4.69) is 15.2 Å². The molecule has 0 saturated heterocycles. The Labute approximate surface area is 132 Å². The molecule has 8 nitrogen and oxygen atoms in total. The van der Waals surface area contributed by atoms with Gasteiger partial charge < -0.3 is 9.15 Å². The minimum Gasteiger partial charge on any atom is -0.496 e. The maximum atomic E-state index is 11.2. The highest BCUT2D eigenvalue weighted by atomic mass is 32.2. The molecular weight excluding hydrogens is 320 g/mol. The van der Waals surface area contributed by atoms with Gasteiger partial charge >= 0.3 is 0 Å². The van der Waals surface area contributed by atoms with Gasteiger partial charge in [0.1, 0.15) is 5.75 Å². The van der Waals surface area contributed by atoms with Crippen molar-refractivity contribution in [3.8, 4) is 28.7 Å². The molecule has 3 aromatic rings. The average Bonchev–Trinajstić information content (AvgIpc) is 3.04. The van der Waals surface area contributed by atoms with Gasteiger partial charge in [-0.2, -0.15) is 0 Å². The zero-order valence-corrected chi connectivity index (χ0v) is 12.8. The van der Waals surface area contributed by atoms with Crippen LogP contribution in [0.15, 0.2) is 52.0 Å². The number of methoxy groups -OCH3 is 1. The molecule has 0 fully saturated rings.